The highest BCUT2D eigenvalue weighted by Gasteiger charge is 2.34. The van der Waals surface area contributed by atoms with Crippen molar-refractivity contribution in [2.75, 3.05) is 0 Å². The SMILES string of the molecule is Fc1ccc(-c2nnc(CNC3CC3)s2)cc1C(F)(F)F. The summed E-state index contributed by atoms with van der Waals surface area (Å²) in [5, 5.41) is 12.1. The van der Waals surface area contributed by atoms with E-state index in [1.807, 2.05) is 0 Å². The molecule has 1 saturated carbocycles. The Hall–Kier alpha value is -1.54. The first-order chi connectivity index (χ1) is 9.93. The molecule has 0 aliphatic heterocycles. The van der Waals surface area contributed by atoms with E-state index in [1.54, 1.807) is 0 Å². The van der Waals surface area contributed by atoms with Gasteiger partial charge in [-0.05, 0) is 31.0 Å². The first-order valence-corrected chi connectivity index (χ1v) is 7.18. The number of nitrogens with zero attached hydrogens (tertiary/aromatic N) is 2. The van der Waals surface area contributed by atoms with Crippen LogP contribution in [0.5, 0.6) is 0 Å². The molecule has 0 unspecified atom stereocenters. The Kier molecular flexibility index (Phi) is 3.66. The minimum absolute atomic E-state index is 0.221. The molecule has 3 nitrogen and oxygen atoms in total. The lowest BCUT2D eigenvalue weighted by molar-refractivity contribution is -0.139. The van der Waals surface area contributed by atoms with Crippen molar-refractivity contribution in [2.45, 2.75) is 31.6 Å². The number of nitrogens with one attached hydrogen (secondary N) is 1. The largest absolute Gasteiger partial charge is 0.419 e. The molecular formula is C13H11F4N3S. The summed E-state index contributed by atoms with van der Waals surface area (Å²) in [6, 6.07) is 3.37. The highest BCUT2D eigenvalue weighted by atomic mass is 32.1. The summed E-state index contributed by atoms with van der Waals surface area (Å²) in [4.78, 5) is 0. The third-order valence-electron chi connectivity index (χ3n) is 3.10. The quantitative estimate of drug-likeness (QED) is 0.875. The Morgan fingerprint density at radius 1 is 1.24 bits per heavy atom. The van der Waals surface area contributed by atoms with Gasteiger partial charge in [0.2, 0.25) is 0 Å². The molecule has 1 aromatic heterocycles. The van der Waals surface area contributed by atoms with Gasteiger partial charge in [-0.25, -0.2) is 4.39 Å². The van der Waals surface area contributed by atoms with Crippen molar-refractivity contribution in [3.05, 3.63) is 34.6 Å². The van der Waals surface area contributed by atoms with E-state index in [1.165, 1.54) is 17.4 Å². The Morgan fingerprint density at radius 3 is 2.67 bits per heavy atom. The monoisotopic (exact) mass is 317 g/mol. The molecule has 0 atom stereocenters. The number of alkyl halides is 3. The van der Waals surface area contributed by atoms with Crippen molar-refractivity contribution in [1.82, 2.24) is 15.5 Å². The van der Waals surface area contributed by atoms with Gasteiger partial charge in [0.15, 0.2) is 0 Å². The summed E-state index contributed by atoms with van der Waals surface area (Å²) in [5.74, 6) is -1.29. The van der Waals surface area contributed by atoms with Gasteiger partial charge in [-0.3, -0.25) is 0 Å². The number of rotatable bonds is 4. The lowest BCUT2D eigenvalue weighted by atomic mass is 10.1. The van der Waals surface area contributed by atoms with Crippen molar-refractivity contribution in [2.24, 2.45) is 0 Å². The molecular weight excluding hydrogens is 306 g/mol. The van der Waals surface area contributed by atoms with Crippen LogP contribution in [0.4, 0.5) is 17.6 Å². The summed E-state index contributed by atoms with van der Waals surface area (Å²) in [5.41, 5.74) is -1.06. The van der Waals surface area contributed by atoms with E-state index in [9.17, 15) is 17.6 Å². The van der Waals surface area contributed by atoms with Gasteiger partial charge in [-0.1, -0.05) is 11.3 Å². The molecule has 0 bridgehead atoms. The average molecular weight is 317 g/mol. The molecule has 0 spiro atoms. The van der Waals surface area contributed by atoms with Crippen molar-refractivity contribution in [1.29, 1.82) is 0 Å². The van der Waals surface area contributed by atoms with Crippen LogP contribution in [0.3, 0.4) is 0 Å². The van der Waals surface area contributed by atoms with Crippen molar-refractivity contribution in [3.8, 4) is 10.6 Å². The van der Waals surface area contributed by atoms with Crippen molar-refractivity contribution >= 4 is 11.3 Å². The topological polar surface area (TPSA) is 37.8 Å². The summed E-state index contributed by atoms with van der Waals surface area (Å²) < 4.78 is 51.3. The Balaban J connectivity index is 1.82. The molecule has 1 fully saturated rings. The van der Waals surface area contributed by atoms with Gasteiger partial charge in [0, 0.05) is 18.2 Å². The third-order valence-corrected chi connectivity index (χ3v) is 4.08. The molecule has 3 rings (SSSR count). The smallest absolute Gasteiger partial charge is 0.308 e. The Labute approximate surface area is 122 Å². The van der Waals surface area contributed by atoms with E-state index in [0.29, 0.717) is 22.6 Å². The number of benzene rings is 1. The number of hydrogen-bond donors (Lipinski definition) is 1. The van der Waals surface area contributed by atoms with Crippen LogP contribution in [0.1, 0.15) is 23.4 Å². The fourth-order valence-corrected chi connectivity index (χ4v) is 2.62. The Morgan fingerprint density at radius 2 is 2.00 bits per heavy atom. The summed E-state index contributed by atoms with van der Waals surface area (Å²) in [6.07, 6.45) is -2.45. The van der Waals surface area contributed by atoms with Crippen LogP contribution in [0, 0.1) is 5.82 Å². The van der Waals surface area contributed by atoms with Gasteiger partial charge in [-0.2, -0.15) is 13.2 Å². The average Bonchev–Trinajstić information content (AvgIpc) is 3.13. The fourth-order valence-electron chi connectivity index (χ4n) is 1.84. The van der Waals surface area contributed by atoms with Crippen molar-refractivity contribution in [3.63, 3.8) is 0 Å². The molecule has 8 heteroatoms. The van der Waals surface area contributed by atoms with Crippen LogP contribution in [0.25, 0.3) is 10.6 Å². The normalized spacial score (nSPS) is 15.4. The molecule has 1 heterocycles. The maximum Gasteiger partial charge on any atom is 0.419 e. The second kappa shape index (κ2) is 5.34. The fraction of sp³-hybridized carbons (Fsp3) is 0.385. The van der Waals surface area contributed by atoms with Gasteiger partial charge in [0.05, 0.1) is 5.56 Å². The molecule has 112 valence electrons. The van der Waals surface area contributed by atoms with Crippen LogP contribution in [0.2, 0.25) is 0 Å². The summed E-state index contributed by atoms with van der Waals surface area (Å²) >= 11 is 1.21. The van der Waals surface area contributed by atoms with Gasteiger partial charge < -0.3 is 5.32 Å². The van der Waals surface area contributed by atoms with Crippen LogP contribution >= 0.6 is 11.3 Å². The van der Waals surface area contributed by atoms with E-state index < -0.39 is 17.6 Å². The lowest BCUT2D eigenvalue weighted by Gasteiger charge is -2.08. The third kappa shape index (κ3) is 3.38. The lowest BCUT2D eigenvalue weighted by Crippen LogP contribution is -2.14. The highest BCUT2D eigenvalue weighted by molar-refractivity contribution is 7.14. The minimum Gasteiger partial charge on any atom is -0.308 e. The molecule has 0 amide bonds. The van der Waals surface area contributed by atoms with E-state index in [2.05, 4.69) is 15.5 Å². The predicted molar refractivity (Wildman–Crippen MR) is 70.2 cm³/mol. The number of hydrogen-bond acceptors (Lipinski definition) is 4. The van der Waals surface area contributed by atoms with Gasteiger partial charge in [0.1, 0.15) is 15.8 Å². The first-order valence-electron chi connectivity index (χ1n) is 6.36. The number of halogens is 4. The zero-order valence-corrected chi connectivity index (χ0v) is 11.6. The van der Waals surface area contributed by atoms with Gasteiger partial charge in [-0.15, -0.1) is 10.2 Å². The van der Waals surface area contributed by atoms with Crippen LogP contribution in [-0.2, 0) is 12.7 Å². The Bertz CT molecular complexity index is 649. The van der Waals surface area contributed by atoms with E-state index in [0.717, 1.165) is 25.0 Å². The minimum atomic E-state index is -4.72. The molecule has 21 heavy (non-hydrogen) atoms. The van der Waals surface area contributed by atoms with Gasteiger partial charge in [0.25, 0.3) is 0 Å². The maximum absolute atomic E-state index is 13.2. The number of aromatic nitrogens is 2. The molecule has 0 radical (unpaired) electrons. The summed E-state index contributed by atoms with van der Waals surface area (Å²) in [7, 11) is 0. The van der Waals surface area contributed by atoms with Crippen LogP contribution in [-0.4, -0.2) is 16.2 Å². The predicted octanol–water partition coefficient (Wildman–Crippen LogP) is 3.62. The molecule has 1 aliphatic rings. The zero-order chi connectivity index (χ0) is 15.0. The van der Waals surface area contributed by atoms with E-state index >= 15 is 0 Å². The molecule has 1 N–H and O–H groups in total. The second-order valence-corrected chi connectivity index (χ2v) is 5.91. The first kappa shape index (κ1) is 14.4. The molecule has 1 aromatic carbocycles. The highest BCUT2D eigenvalue weighted by Crippen LogP contribution is 2.35. The molecule has 1 aliphatic carbocycles. The van der Waals surface area contributed by atoms with Gasteiger partial charge >= 0.3 is 6.18 Å². The molecule has 0 saturated heterocycles. The van der Waals surface area contributed by atoms with Crippen LogP contribution < -0.4 is 5.32 Å². The second-order valence-electron chi connectivity index (χ2n) is 4.85. The maximum atomic E-state index is 13.2. The van der Waals surface area contributed by atoms with E-state index in [4.69, 9.17) is 0 Å². The standard InChI is InChI=1S/C13H11F4N3S/c14-10-4-1-7(5-9(10)13(15,16)17)12-20-19-11(21-12)6-18-8-2-3-8/h1,4-5,8,18H,2-3,6H2. The van der Waals surface area contributed by atoms with E-state index in [-0.39, 0.29) is 5.56 Å². The van der Waals surface area contributed by atoms with Crippen molar-refractivity contribution < 1.29 is 17.6 Å². The summed E-state index contributed by atoms with van der Waals surface area (Å²) in [6.45, 7) is 0.551. The molecule has 2 aromatic rings. The zero-order valence-electron chi connectivity index (χ0n) is 10.7. The van der Waals surface area contributed by atoms with Crippen LogP contribution in [0.15, 0.2) is 18.2 Å².